The first-order valence-electron chi connectivity index (χ1n) is 5.33. The lowest BCUT2D eigenvalue weighted by atomic mass is 10.3. The van der Waals surface area contributed by atoms with Gasteiger partial charge in [-0.1, -0.05) is 23.2 Å². The third-order valence-corrected chi connectivity index (χ3v) is 3.25. The summed E-state index contributed by atoms with van der Waals surface area (Å²) in [5.74, 6) is 0. The van der Waals surface area contributed by atoms with E-state index in [-0.39, 0.29) is 12.1 Å². The number of halogens is 2. The molecule has 0 aliphatic carbocycles. The summed E-state index contributed by atoms with van der Waals surface area (Å²) in [5, 5.41) is 3.72. The number of likely N-dealkylation sites (tertiary alicyclic amines) is 1. The Morgan fingerprint density at radius 1 is 1.47 bits per heavy atom. The maximum Gasteiger partial charge on any atom is 0.321 e. The lowest BCUT2D eigenvalue weighted by Gasteiger charge is -2.17. The van der Waals surface area contributed by atoms with Crippen molar-refractivity contribution in [1.82, 2.24) is 4.90 Å². The Balaban J connectivity index is 2.05. The van der Waals surface area contributed by atoms with Crippen LogP contribution in [0.2, 0.25) is 10.0 Å². The van der Waals surface area contributed by atoms with Crippen LogP contribution >= 0.6 is 23.2 Å². The van der Waals surface area contributed by atoms with Crippen LogP contribution in [0.15, 0.2) is 18.2 Å². The molecule has 92 valence electrons. The fraction of sp³-hybridized carbons (Fsp3) is 0.364. The van der Waals surface area contributed by atoms with Crippen molar-refractivity contribution in [1.29, 1.82) is 0 Å². The van der Waals surface area contributed by atoms with E-state index in [0.29, 0.717) is 28.8 Å². The number of nitrogens with one attached hydrogen (secondary N) is 1. The van der Waals surface area contributed by atoms with Crippen LogP contribution in [-0.4, -0.2) is 30.1 Å². The van der Waals surface area contributed by atoms with Gasteiger partial charge in [0.05, 0.1) is 10.7 Å². The van der Waals surface area contributed by atoms with E-state index in [2.05, 4.69) is 5.32 Å². The molecule has 1 aromatic rings. The number of nitrogens with two attached hydrogens (primary N) is 1. The number of carbonyl (C=O) groups is 1. The van der Waals surface area contributed by atoms with Gasteiger partial charge in [0.2, 0.25) is 0 Å². The van der Waals surface area contributed by atoms with Gasteiger partial charge < -0.3 is 16.0 Å². The molecular weight excluding hydrogens is 261 g/mol. The minimum atomic E-state index is -0.192. The zero-order valence-electron chi connectivity index (χ0n) is 9.12. The number of rotatable bonds is 1. The van der Waals surface area contributed by atoms with Crippen molar-refractivity contribution in [3.63, 3.8) is 0 Å². The molecule has 0 spiro atoms. The fourth-order valence-corrected chi connectivity index (χ4v) is 2.10. The molecule has 6 heteroatoms. The van der Waals surface area contributed by atoms with E-state index in [1.54, 1.807) is 23.1 Å². The second kappa shape index (κ2) is 5.12. The van der Waals surface area contributed by atoms with Crippen LogP contribution in [0.4, 0.5) is 10.5 Å². The van der Waals surface area contributed by atoms with Gasteiger partial charge >= 0.3 is 6.03 Å². The summed E-state index contributed by atoms with van der Waals surface area (Å²) in [5.41, 5.74) is 6.26. The lowest BCUT2D eigenvalue weighted by molar-refractivity contribution is 0.222. The number of nitrogens with zero attached hydrogens (tertiary/aromatic N) is 1. The van der Waals surface area contributed by atoms with Crippen molar-refractivity contribution in [3.8, 4) is 0 Å². The van der Waals surface area contributed by atoms with Crippen molar-refractivity contribution in [2.45, 2.75) is 12.5 Å². The summed E-state index contributed by atoms with van der Waals surface area (Å²) in [6.45, 7) is 1.25. The summed E-state index contributed by atoms with van der Waals surface area (Å²) in [6.07, 6.45) is 0.830. The Labute approximate surface area is 110 Å². The monoisotopic (exact) mass is 273 g/mol. The first-order valence-corrected chi connectivity index (χ1v) is 6.08. The normalized spacial score (nSPS) is 19.5. The molecule has 1 atom stereocenters. The van der Waals surface area contributed by atoms with Crippen LogP contribution in [-0.2, 0) is 0 Å². The first kappa shape index (κ1) is 12.5. The molecule has 2 rings (SSSR count). The van der Waals surface area contributed by atoms with Gasteiger partial charge in [0.15, 0.2) is 0 Å². The zero-order chi connectivity index (χ0) is 12.4. The number of hydrogen-bond donors (Lipinski definition) is 2. The average molecular weight is 274 g/mol. The third-order valence-electron chi connectivity index (χ3n) is 2.68. The molecule has 0 bridgehead atoms. The maximum atomic E-state index is 11.9. The first-order chi connectivity index (χ1) is 8.06. The Kier molecular flexibility index (Phi) is 3.76. The van der Waals surface area contributed by atoms with E-state index in [9.17, 15) is 4.79 Å². The highest BCUT2D eigenvalue weighted by Gasteiger charge is 2.23. The van der Waals surface area contributed by atoms with Crippen LogP contribution in [0.3, 0.4) is 0 Å². The summed E-state index contributed by atoms with van der Waals surface area (Å²) in [4.78, 5) is 13.5. The van der Waals surface area contributed by atoms with Crippen LogP contribution in [0.25, 0.3) is 0 Å². The van der Waals surface area contributed by atoms with Crippen LogP contribution in [0.1, 0.15) is 6.42 Å². The number of amides is 2. The van der Waals surface area contributed by atoms with Crippen molar-refractivity contribution in [2.75, 3.05) is 18.4 Å². The molecule has 1 saturated heterocycles. The van der Waals surface area contributed by atoms with Gasteiger partial charge in [-0.05, 0) is 24.6 Å². The quantitative estimate of drug-likeness (QED) is 0.826. The molecule has 1 heterocycles. The number of hydrogen-bond acceptors (Lipinski definition) is 2. The molecule has 1 aliphatic heterocycles. The molecular formula is C11H13Cl2N3O. The molecule has 1 aromatic carbocycles. The van der Waals surface area contributed by atoms with Gasteiger partial charge in [-0.2, -0.15) is 0 Å². The largest absolute Gasteiger partial charge is 0.326 e. The molecule has 4 nitrogen and oxygen atoms in total. The van der Waals surface area contributed by atoms with Crippen molar-refractivity contribution in [2.24, 2.45) is 5.73 Å². The number of benzene rings is 1. The van der Waals surface area contributed by atoms with Crippen LogP contribution < -0.4 is 11.1 Å². The minimum absolute atomic E-state index is 0.0654. The fourth-order valence-electron chi connectivity index (χ4n) is 1.76. The van der Waals surface area contributed by atoms with E-state index in [0.717, 1.165) is 6.42 Å². The highest BCUT2D eigenvalue weighted by atomic mass is 35.5. The molecule has 0 radical (unpaired) electrons. The molecule has 0 saturated carbocycles. The smallest absolute Gasteiger partial charge is 0.321 e. The van der Waals surface area contributed by atoms with Crippen LogP contribution in [0, 0.1) is 0 Å². The summed E-state index contributed by atoms with van der Waals surface area (Å²) in [7, 11) is 0. The summed E-state index contributed by atoms with van der Waals surface area (Å²) in [6, 6.07) is 4.82. The van der Waals surface area contributed by atoms with E-state index in [4.69, 9.17) is 28.9 Å². The Morgan fingerprint density at radius 2 is 2.24 bits per heavy atom. The highest BCUT2D eigenvalue weighted by molar-refractivity contribution is 6.35. The molecule has 3 N–H and O–H groups in total. The predicted octanol–water partition coefficient (Wildman–Crippen LogP) is 2.56. The van der Waals surface area contributed by atoms with Crippen molar-refractivity contribution >= 4 is 34.9 Å². The van der Waals surface area contributed by atoms with Gasteiger partial charge in [0.1, 0.15) is 0 Å². The number of urea groups is 1. The van der Waals surface area contributed by atoms with Crippen molar-refractivity contribution < 1.29 is 4.79 Å². The summed E-state index contributed by atoms with van der Waals surface area (Å²) >= 11 is 11.8. The lowest BCUT2D eigenvalue weighted by Crippen LogP contribution is -2.35. The molecule has 1 fully saturated rings. The van der Waals surface area contributed by atoms with Gasteiger partial charge in [-0.25, -0.2) is 4.79 Å². The second-order valence-corrected chi connectivity index (χ2v) is 4.89. The zero-order valence-corrected chi connectivity index (χ0v) is 10.6. The van der Waals surface area contributed by atoms with E-state index < -0.39 is 0 Å². The Hall–Kier alpha value is -0.970. The minimum Gasteiger partial charge on any atom is -0.326 e. The van der Waals surface area contributed by atoms with Crippen LogP contribution in [0.5, 0.6) is 0 Å². The average Bonchev–Trinajstić information content (AvgIpc) is 2.70. The van der Waals surface area contributed by atoms with E-state index in [1.807, 2.05) is 0 Å². The maximum absolute atomic E-state index is 11.9. The van der Waals surface area contributed by atoms with Gasteiger partial charge in [0, 0.05) is 24.2 Å². The molecule has 17 heavy (non-hydrogen) atoms. The Morgan fingerprint density at radius 3 is 2.88 bits per heavy atom. The predicted molar refractivity (Wildman–Crippen MR) is 69.6 cm³/mol. The SMILES string of the molecule is N[C@H]1CCN(C(=O)Nc2cc(Cl)ccc2Cl)C1. The standard InChI is InChI=1S/C11H13Cl2N3O/c12-7-1-2-9(13)10(5-7)15-11(17)16-4-3-8(14)6-16/h1-2,5,8H,3-4,6,14H2,(H,15,17)/t8-/m0/s1. The van der Waals surface area contributed by atoms with Gasteiger partial charge in [0.25, 0.3) is 0 Å². The molecule has 1 aliphatic rings. The van der Waals surface area contributed by atoms with E-state index >= 15 is 0 Å². The molecule has 0 aromatic heterocycles. The Bertz CT molecular complexity index is 439. The molecule has 2 amide bonds. The number of carbonyl (C=O) groups excluding carboxylic acids is 1. The molecule has 0 unspecified atom stereocenters. The van der Waals surface area contributed by atoms with E-state index in [1.165, 1.54) is 0 Å². The topological polar surface area (TPSA) is 58.4 Å². The second-order valence-electron chi connectivity index (χ2n) is 4.05. The van der Waals surface area contributed by atoms with Crippen molar-refractivity contribution in [3.05, 3.63) is 28.2 Å². The van der Waals surface area contributed by atoms with Gasteiger partial charge in [-0.3, -0.25) is 0 Å². The highest BCUT2D eigenvalue weighted by Crippen LogP contribution is 2.25. The van der Waals surface area contributed by atoms with Gasteiger partial charge in [-0.15, -0.1) is 0 Å². The summed E-state index contributed by atoms with van der Waals surface area (Å²) < 4.78 is 0. The third kappa shape index (κ3) is 3.03. The number of anilines is 1.